The number of alkyl halides is 3. The molecule has 0 bridgehead atoms. The second-order valence-electron chi connectivity index (χ2n) is 4.06. The predicted octanol–water partition coefficient (Wildman–Crippen LogP) is 4.56. The summed E-state index contributed by atoms with van der Waals surface area (Å²) in [4.78, 5) is 0. The highest BCUT2D eigenvalue weighted by Gasteiger charge is 2.29. The van der Waals surface area contributed by atoms with Crippen molar-refractivity contribution in [1.82, 2.24) is 0 Å². The molecule has 0 aromatic heterocycles. The molecule has 0 heterocycles. The van der Waals surface area contributed by atoms with Crippen LogP contribution < -0.4 is 4.74 Å². The Labute approximate surface area is 111 Å². The molecule has 2 aromatic carbocycles. The Morgan fingerprint density at radius 3 is 2.10 bits per heavy atom. The summed E-state index contributed by atoms with van der Waals surface area (Å²) in [6.45, 7) is -0.110. The smallest absolute Gasteiger partial charge is 0.416 e. The molecule has 0 N–H and O–H groups in total. The molecule has 2 aromatic rings. The molecule has 0 spiro atoms. The van der Waals surface area contributed by atoms with E-state index in [1.807, 2.05) is 0 Å². The van der Waals surface area contributed by atoms with Crippen LogP contribution in [0.1, 0.15) is 11.1 Å². The van der Waals surface area contributed by atoms with E-state index in [0.29, 0.717) is 11.6 Å². The van der Waals surface area contributed by atoms with E-state index >= 15 is 0 Å². The van der Waals surface area contributed by atoms with E-state index in [2.05, 4.69) is 0 Å². The fourth-order valence-corrected chi connectivity index (χ4v) is 1.54. The molecular weight excluding hydrogens is 279 g/mol. The van der Waals surface area contributed by atoms with E-state index in [-0.39, 0.29) is 12.4 Å². The van der Waals surface area contributed by atoms with Gasteiger partial charge in [-0.3, -0.25) is 0 Å². The van der Waals surface area contributed by atoms with Crippen molar-refractivity contribution in [3.05, 3.63) is 65.2 Å². The molecule has 0 amide bonds. The molecule has 0 fully saturated rings. The van der Waals surface area contributed by atoms with Gasteiger partial charge in [-0.15, -0.1) is 0 Å². The fourth-order valence-electron chi connectivity index (χ4n) is 1.54. The Morgan fingerprint density at radius 1 is 0.900 bits per heavy atom. The van der Waals surface area contributed by atoms with E-state index in [4.69, 9.17) is 4.74 Å². The molecule has 0 aliphatic rings. The van der Waals surface area contributed by atoms with Crippen LogP contribution in [0.2, 0.25) is 0 Å². The van der Waals surface area contributed by atoms with E-state index < -0.39 is 23.4 Å². The summed E-state index contributed by atoms with van der Waals surface area (Å²) in [5.74, 6) is -1.76. The minimum atomic E-state index is -4.40. The summed E-state index contributed by atoms with van der Waals surface area (Å²) in [6.07, 6.45) is -4.40. The molecule has 0 radical (unpaired) electrons. The third-order valence-corrected chi connectivity index (χ3v) is 2.57. The van der Waals surface area contributed by atoms with E-state index in [9.17, 15) is 22.0 Å². The van der Waals surface area contributed by atoms with Crippen molar-refractivity contribution in [2.75, 3.05) is 0 Å². The molecule has 1 nitrogen and oxygen atoms in total. The first-order valence-electron chi connectivity index (χ1n) is 5.60. The van der Waals surface area contributed by atoms with Crippen LogP contribution in [0.15, 0.2) is 42.5 Å². The van der Waals surface area contributed by atoms with Gasteiger partial charge in [-0.2, -0.15) is 13.2 Å². The van der Waals surface area contributed by atoms with Crippen molar-refractivity contribution in [3.8, 4) is 5.75 Å². The van der Waals surface area contributed by atoms with Gasteiger partial charge in [0.1, 0.15) is 12.4 Å². The Hall–Kier alpha value is -2.11. The van der Waals surface area contributed by atoms with Gasteiger partial charge in [0.05, 0.1) is 5.56 Å². The highest BCUT2D eigenvalue weighted by Crippen LogP contribution is 2.29. The van der Waals surface area contributed by atoms with Gasteiger partial charge in [-0.05, 0) is 29.8 Å². The lowest BCUT2D eigenvalue weighted by atomic mass is 10.1. The minimum absolute atomic E-state index is 0.110. The first-order valence-corrected chi connectivity index (χ1v) is 5.60. The van der Waals surface area contributed by atoms with Gasteiger partial charge in [-0.25, -0.2) is 8.78 Å². The van der Waals surface area contributed by atoms with Gasteiger partial charge in [0.15, 0.2) is 11.6 Å². The third-order valence-electron chi connectivity index (χ3n) is 2.57. The lowest BCUT2D eigenvalue weighted by Gasteiger charge is -2.09. The van der Waals surface area contributed by atoms with Crippen LogP contribution >= 0.6 is 0 Å². The van der Waals surface area contributed by atoms with Crippen molar-refractivity contribution in [2.24, 2.45) is 0 Å². The molecule has 0 atom stereocenters. The van der Waals surface area contributed by atoms with E-state index in [0.717, 1.165) is 24.3 Å². The van der Waals surface area contributed by atoms with Crippen molar-refractivity contribution in [1.29, 1.82) is 0 Å². The number of benzene rings is 2. The zero-order valence-corrected chi connectivity index (χ0v) is 10.0. The second kappa shape index (κ2) is 5.48. The Bertz CT molecular complexity index is 590. The van der Waals surface area contributed by atoms with Gasteiger partial charge in [0.25, 0.3) is 0 Å². The molecule has 0 aliphatic heterocycles. The molecule has 2 rings (SSSR count). The summed E-state index contributed by atoms with van der Waals surface area (Å²) in [5, 5.41) is 0. The lowest BCUT2D eigenvalue weighted by molar-refractivity contribution is -0.137. The summed E-state index contributed by atoms with van der Waals surface area (Å²) < 4.78 is 68.0. The highest BCUT2D eigenvalue weighted by atomic mass is 19.4. The summed E-state index contributed by atoms with van der Waals surface area (Å²) in [7, 11) is 0. The standard InChI is InChI=1S/C14H9F5O/c15-11-5-6-13(12(16)7-11)20-8-9-1-3-10(4-2-9)14(17,18)19/h1-7H,8H2. The summed E-state index contributed by atoms with van der Waals surface area (Å²) in [5.41, 5.74) is -0.323. The molecule has 106 valence electrons. The van der Waals surface area contributed by atoms with Crippen molar-refractivity contribution >= 4 is 0 Å². The first-order chi connectivity index (χ1) is 9.36. The summed E-state index contributed by atoms with van der Waals surface area (Å²) in [6, 6.07) is 7.13. The Balaban J connectivity index is 2.04. The topological polar surface area (TPSA) is 9.23 Å². The zero-order valence-electron chi connectivity index (χ0n) is 10.0. The van der Waals surface area contributed by atoms with E-state index in [1.54, 1.807) is 0 Å². The Kier molecular flexibility index (Phi) is 3.92. The van der Waals surface area contributed by atoms with Gasteiger partial charge >= 0.3 is 6.18 Å². The third kappa shape index (κ3) is 3.46. The van der Waals surface area contributed by atoms with Crippen LogP contribution in [-0.4, -0.2) is 0 Å². The number of rotatable bonds is 3. The molecular formula is C14H9F5O. The van der Waals surface area contributed by atoms with Crippen molar-refractivity contribution in [3.63, 3.8) is 0 Å². The maximum absolute atomic E-state index is 13.3. The molecule has 6 heteroatoms. The maximum atomic E-state index is 13.3. The van der Waals surface area contributed by atoms with Crippen LogP contribution in [0.3, 0.4) is 0 Å². The van der Waals surface area contributed by atoms with Crippen LogP contribution in [0.4, 0.5) is 22.0 Å². The average molecular weight is 288 g/mol. The molecule has 0 saturated heterocycles. The lowest BCUT2D eigenvalue weighted by Crippen LogP contribution is -2.05. The molecule has 0 unspecified atom stereocenters. The number of hydrogen-bond acceptors (Lipinski definition) is 1. The normalized spacial score (nSPS) is 11.4. The monoisotopic (exact) mass is 288 g/mol. The highest BCUT2D eigenvalue weighted by molar-refractivity contribution is 5.27. The SMILES string of the molecule is Fc1ccc(OCc2ccc(C(F)(F)F)cc2)c(F)c1. The van der Waals surface area contributed by atoms with Crippen LogP contribution in [0.25, 0.3) is 0 Å². The van der Waals surface area contributed by atoms with Gasteiger partial charge in [0, 0.05) is 6.07 Å². The van der Waals surface area contributed by atoms with Crippen LogP contribution in [0.5, 0.6) is 5.75 Å². The number of halogens is 5. The average Bonchev–Trinajstić information content (AvgIpc) is 2.37. The van der Waals surface area contributed by atoms with E-state index in [1.165, 1.54) is 12.1 Å². The predicted molar refractivity (Wildman–Crippen MR) is 62.1 cm³/mol. The number of hydrogen-bond donors (Lipinski definition) is 0. The largest absolute Gasteiger partial charge is 0.486 e. The Morgan fingerprint density at radius 2 is 1.55 bits per heavy atom. The molecule has 20 heavy (non-hydrogen) atoms. The zero-order chi connectivity index (χ0) is 14.8. The minimum Gasteiger partial charge on any atom is -0.486 e. The second-order valence-corrected chi connectivity index (χ2v) is 4.06. The maximum Gasteiger partial charge on any atom is 0.416 e. The van der Waals surface area contributed by atoms with Gasteiger partial charge in [0.2, 0.25) is 0 Å². The van der Waals surface area contributed by atoms with Crippen molar-refractivity contribution in [2.45, 2.75) is 12.8 Å². The fraction of sp³-hybridized carbons (Fsp3) is 0.143. The molecule has 0 saturated carbocycles. The first kappa shape index (κ1) is 14.3. The van der Waals surface area contributed by atoms with Crippen LogP contribution in [0, 0.1) is 11.6 Å². The van der Waals surface area contributed by atoms with Gasteiger partial charge < -0.3 is 4.74 Å². The van der Waals surface area contributed by atoms with Crippen molar-refractivity contribution < 1.29 is 26.7 Å². The summed E-state index contributed by atoms with van der Waals surface area (Å²) >= 11 is 0. The van der Waals surface area contributed by atoms with Crippen LogP contribution in [-0.2, 0) is 12.8 Å². The molecule has 0 aliphatic carbocycles. The van der Waals surface area contributed by atoms with Gasteiger partial charge in [-0.1, -0.05) is 12.1 Å². The number of ether oxygens (including phenoxy) is 1. The quantitative estimate of drug-likeness (QED) is 0.752.